The van der Waals surface area contributed by atoms with Crippen LogP contribution in [0, 0.1) is 12.1 Å². The number of nitrogens with zero attached hydrogens (tertiary/aromatic N) is 3. The van der Waals surface area contributed by atoms with Crippen LogP contribution in [0.25, 0.3) is 60.3 Å². The topological polar surface area (TPSA) is 30.2 Å². The third-order valence-electron chi connectivity index (χ3n) is 9.41. The molecule has 4 aromatic carbocycles. The van der Waals surface area contributed by atoms with E-state index in [0.717, 1.165) is 22.2 Å². The Hall–Kier alpha value is -4.11. The maximum absolute atomic E-state index is 4.78. The van der Waals surface area contributed by atoms with Gasteiger partial charge in [0.15, 0.2) is 0 Å². The quantitative estimate of drug-likeness (QED) is 0.0940. The van der Waals surface area contributed by atoms with Gasteiger partial charge in [0.2, 0.25) is 0 Å². The van der Waals surface area contributed by atoms with Crippen LogP contribution >= 0.6 is 0 Å². The average molecular weight is 806 g/mol. The molecule has 0 saturated carbocycles. The molecule has 4 aromatic heterocycles. The Morgan fingerprint density at radius 3 is 1.94 bits per heavy atom. The number of hydrogen-bond donors (Lipinski definition) is 0. The minimum absolute atomic E-state index is 0. The van der Waals surface area contributed by atoms with E-state index in [-0.39, 0.29) is 36.4 Å². The van der Waals surface area contributed by atoms with E-state index in [1.54, 1.807) is 0 Å². The predicted octanol–water partition coefficient (Wildman–Crippen LogP) is 11.6. The molecular weight excluding hydrogens is 763 g/mol. The molecule has 48 heavy (non-hydrogen) atoms. The fourth-order valence-corrected chi connectivity index (χ4v) is 6.49. The molecule has 0 aliphatic carbocycles. The second kappa shape index (κ2) is 12.1. The number of benzene rings is 4. The molecule has 0 saturated heterocycles. The maximum atomic E-state index is 4.78. The number of pyridine rings is 3. The monoisotopic (exact) mass is 806 g/mol. The fraction of sp³-hybridized carbons (Fsp3) is 0.273. The van der Waals surface area contributed by atoms with E-state index < -0.39 is 0 Å². The van der Waals surface area contributed by atoms with Gasteiger partial charge >= 0.3 is 0 Å². The van der Waals surface area contributed by atoms with Gasteiger partial charge in [-0.1, -0.05) is 105 Å². The third-order valence-corrected chi connectivity index (χ3v) is 9.41. The number of aromatic nitrogens is 3. The average Bonchev–Trinajstić information content (AvgIpc) is 3.39. The second-order valence-electron chi connectivity index (χ2n) is 15.9. The Morgan fingerprint density at radius 2 is 1.29 bits per heavy atom. The summed E-state index contributed by atoms with van der Waals surface area (Å²) in [5.74, 6) is 0. The second-order valence-corrected chi connectivity index (χ2v) is 15.9. The van der Waals surface area contributed by atoms with E-state index >= 15 is 0 Å². The molecule has 3 nitrogen and oxygen atoms in total. The molecule has 0 unspecified atom stereocenters. The van der Waals surface area contributed by atoms with E-state index in [0.29, 0.717) is 0 Å². The number of hydrogen-bond acceptors (Lipinski definition) is 2. The third kappa shape index (κ3) is 5.91. The predicted molar refractivity (Wildman–Crippen MR) is 200 cm³/mol. The van der Waals surface area contributed by atoms with E-state index in [9.17, 15) is 0 Å². The molecule has 0 aliphatic rings. The summed E-state index contributed by atoms with van der Waals surface area (Å²) in [6.07, 6.45) is 3.89. The molecule has 0 aliphatic heterocycles. The summed E-state index contributed by atoms with van der Waals surface area (Å²) in [5, 5.41) is 6.14. The van der Waals surface area contributed by atoms with E-state index in [4.69, 9.17) is 4.98 Å². The van der Waals surface area contributed by atoms with Gasteiger partial charge in [-0.05, 0) is 61.4 Å². The van der Waals surface area contributed by atoms with Crippen molar-refractivity contribution in [3.8, 4) is 11.3 Å². The first kappa shape index (κ1) is 33.8. The molecule has 0 amide bonds. The molecule has 4 heteroatoms. The Labute approximate surface area is 298 Å². The fourth-order valence-electron chi connectivity index (χ4n) is 6.49. The van der Waals surface area contributed by atoms with E-state index in [1.165, 1.54) is 54.8 Å². The van der Waals surface area contributed by atoms with Gasteiger partial charge in [-0.2, -0.15) is 0 Å². The maximum Gasteiger partial charge on any atom is 0.0459 e. The standard InChI is InChI=1S/C25H19N2.C19H24N.Ir/c1-25(2,3)16-9-11-19-21(14-16)27-20-7-5-4-6-17(20)18-10-8-15-12-13-26-23(19)22(15)24(18)27;1-18(2,3)15-9-7-14(8-10-15)17-12-11-16(13-20-17)19(4,5)6;/h4-10,12-14H,1-3H3;7,9-13H,1-6H3;/q2*-1;. The zero-order valence-electron chi connectivity index (χ0n) is 29.4. The van der Waals surface area contributed by atoms with Crippen molar-refractivity contribution in [2.75, 3.05) is 0 Å². The van der Waals surface area contributed by atoms with Gasteiger partial charge in [0.05, 0.1) is 0 Å². The first-order chi connectivity index (χ1) is 22.2. The smallest absolute Gasteiger partial charge is 0.0459 e. The molecule has 0 spiro atoms. The molecule has 0 N–H and O–H groups in total. The summed E-state index contributed by atoms with van der Waals surface area (Å²) in [6.45, 7) is 20.0. The van der Waals surface area contributed by atoms with Crippen LogP contribution in [-0.4, -0.2) is 14.4 Å². The van der Waals surface area contributed by atoms with Gasteiger partial charge in [0.25, 0.3) is 0 Å². The SMILES string of the molecule is CC(C)(C)c1c[c-]c(-c2ccc(C(C)(C)C)cn2)cc1.CC(C)(C)c1c[c-]c2c3nccc4ccc5c6ccccc6n(c2c1)c5c43.[Ir]. The molecule has 4 heterocycles. The summed E-state index contributed by atoms with van der Waals surface area (Å²) >= 11 is 0. The van der Waals surface area contributed by atoms with E-state index in [1.807, 2.05) is 12.4 Å². The van der Waals surface area contributed by atoms with Gasteiger partial charge in [-0.25, -0.2) is 0 Å². The molecule has 8 aromatic rings. The Morgan fingerprint density at radius 1 is 0.604 bits per heavy atom. The number of para-hydroxylation sites is 1. The number of rotatable bonds is 1. The van der Waals surface area contributed by atoms with E-state index in [2.05, 4.69) is 169 Å². The Bertz CT molecular complexity index is 2320. The van der Waals surface area contributed by atoms with Crippen LogP contribution in [0.3, 0.4) is 0 Å². The first-order valence-corrected chi connectivity index (χ1v) is 16.6. The van der Waals surface area contributed by atoms with Crippen LogP contribution in [0.5, 0.6) is 0 Å². The number of fused-ring (bicyclic) bond motifs is 6. The molecule has 0 bridgehead atoms. The molecule has 8 rings (SSSR count). The Kier molecular flexibility index (Phi) is 8.51. The Balaban J connectivity index is 0.000000172. The zero-order chi connectivity index (χ0) is 33.3. The largest absolute Gasteiger partial charge is 0.351 e. The normalized spacial score (nSPS) is 12.5. The molecular formula is C44H43IrN3-2. The summed E-state index contributed by atoms with van der Waals surface area (Å²) in [6, 6.07) is 37.3. The van der Waals surface area contributed by atoms with Crippen molar-refractivity contribution in [3.63, 3.8) is 0 Å². The van der Waals surface area contributed by atoms with Crippen molar-refractivity contribution < 1.29 is 20.1 Å². The van der Waals surface area contributed by atoms with Crippen LogP contribution in [-0.2, 0) is 36.4 Å². The van der Waals surface area contributed by atoms with Crippen LogP contribution in [0.2, 0.25) is 0 Å². The first-order valence-electron chi connectivity index (χ1n) is 16.6. The molecule has 0 fully saturated rings. The van der Waals surface area contributed by atoms with Gasteiger partial charge in [0.1, 0.15) is 0 Å². The summed E-state index contributed by atoms with van der Waals surface area (Å²) in [5.41, 5.74) is 11.0. The van der Waals surface area contributed by atoms with Crippen molar-refractivity contribution in [3.05, 3.63) is 126 Å². The summed E-state index contributed by atoms with van der Waals surface area (Å²) in [7, 11) is 0. The van der Waals surface area contributed by atoms with Gasteiger partial charge in [-0.3, -0.25) is 0 Å². The van der Waals surface area contributed by atoms with Crippen molar-refractivity contribution in [1.82, 2.24) is 14.4 Å². The zero-order valence-corrected chi connectivity index (χ0v) is 31.8. The molecule has 1 radical (unpaired) electrons. The van der Waals surface area contributed by atoms with Crippen LogP contribution in [0.15, 0.2) is 97.3 Å². The summed E-state index contributed by atoms with van der Waals surface area (Å²) in [4.78, 5) is 9.35. The van der Waals surface area contributed by atoms with Crippen molar-refractivity contribution >= 4 is 49.0 Å². The van der Waals surface area contributed by atoms with Crippen LogP contribution in [0.1, 0.15) is 79.0 Å². The minimum Gasteiger partial charge on any atom is -0.351 e. The van der Waals surface area contributed by atoms with Gasteiger partial charge < -0.3 is 14.4 Å². The molecule has 245 valence electrons. The van der Waals surface area contributed by atoms with Crippen LogP contribution < -0.4 is 0 Å². The van der Waals surface area contributed by atoms with Gasteiger partial charge in [-0.15, -0.1) is 64.5 Å². The van der Waals surface area contributed by atoms with Gasteiger partial charge in [0, 0.05) is 54.3 Å². The van der Waals surface area contributed by atoms with Crippen molar-refractivity contribution in [1.29, 1.82) is 0 Å². The summed E-state index contributed by atoms with van der Waals surface area (Å²) < 4.78 is 2.42. The van der Waals surface area contributed by atoms with Crippen molar-refractivity contribution in [2.45, 2.75) is 78.6 Å². The minimum atomic E-state index is 0. The van der Waals surface area contributed by atoms with Crippen molar-refractivity contribution in [2.24, 2.45) is 0 Å². The van der Waals surface area contributed by atoms with Crippen LogP contribution in [0.4, 0.5) is 0 Å². The molecule has 0 atom stereocenters.